The number of nitrogen functional groups attached to an aromatic ring is 1. The van der Waals surface area contributed by atoms with Gasteiger partial charge in [0.05, 0.1) is 38.5 Å². The lowest BCUT2D eigenvalue weighted by molar-refractivity contribution is -0.432. The highest BCUT2D eigenvalue weighted by Crippen LogP contribution is 2.35. The lowest BCUT2D eigenvalue weighted by Gasteiger charge is -2.07. The number of azo groups is 1. The first kappa shape index (κ1) is 23.2. The molecule has 2 aromatic heterocycles. The minimum Gasteiger partial charge on any atom is -0.382 e. The third-order valence-corrected chi connectivity index (χ3v) is 7.00. The molecule has 0 fully saturated rings. The van der Waals surface area contributed by atoms with Gasteiger partial charge in [0.25, 0.3) is 10.1 Å². The number of nitrogens with two attached hydrogens (primary N) is 1. The van der Waals surface area contributed by atoms with E-state index in [1.807, 2.05) is 6.07 Å². The molecular formula is C18H16N6O6S3. The van der Waals surface area contributed by atoms with Crippen molar-refractivity contribution in [3.8, 4) is 5.69 Å². The molecule has 0 amide bonds. The first-order valence-corrected chi connectivity index (χ1v) is 12.1. The third kappa shape index (κ3) is 4.88. The number of hydrogen-bond acceptors (Lipinski definition) is 12. The quantitative estimate of drug-likeness (QED) is 0.104. The maximum absolute atomic E-state index is 11.4. The number of benzene rings is 2. The molecule has 0 saturated heterocycles. The zero-order chi connectivity index (χ0) is 23.8. The number of aryl methyl sites for hydroxylation is 2. The van der Waals surface area contributed by atoms with Crippen molar-refractivity contribution < 1.29 is 27.6 Å². The standard InChI is InChI=1S/C18H16N6O6S3/c1-9-7-11(3-6-15(9)33(26,27)28)24-17(19)16(10(2)23-24)21-22-18-20-13-8-12(32-30-29-25)4-5-14(13)31-18/h3-8,25H,19H2,1-2H3,(H,26,27,28). The van der Waals surface area contributed by atoms with Crippen LogP contribution in [0.3, 0.4) is 0 Å². The maximum Gasteiger partial charge on any atom is 0.294 e. The van der Waals surface area contributed by atoms with Crippen molar-refractivity contribution in [2.45, 2.75) is 23.6 Å². The Morgan fingerprint density at radius 3 is 2.67 bits per heavy atom. The van der Waals surface area contributed by atoms with E-state index in [1.165, 1.54) is 28.2 Å². The molecule has 0 radical (unpaired) electrons. The second-order valence-corrected chi connectivity index (χ2v) is 9.88. The van der Waals surface area contributed by atoms with Gasteiger partial charge in [-0.2, -0.15) is 13.5 Å². The normalized spacial score (nSPS) is 12.2. The zero-order valence-electron chi connectivity index (χ0n) is 17.0. The summed E-state index contributed by atoms with van der Waals surface area (Å²) in [6.45, 7) is 3.27. The van der Waals surface area contributed by atoms with E-state index in [0.717, 1.165) is 16.7 Å². The predicted molar refractivity (Wildman–Crippen MR) is 122 cm³/mol. The second-order valence-electron chi connectivity index (χ2n) is 6.71. The van der Waals surface area contributed by atoms with Crippen LogP contribution >= 0.6 is 23.4 Å². The summed E-state index contributed by atoms with van der Waals surface area (Å²) in [6, 6.07) is 9.64. The van der Waals surface area contributed by atoms with Gasteiger partial charge in [-0.15, -0.1) is 14.6 Å². The maximum atomic E-state index is 11.4. The summed E-state index contributed by atoms with van der Waals surface area (Å²) in [6.07, 6.45) is 0. The van der Waals surface area contributed by atoms with Gasteiger partial charge in [0.2, 0.25) is 5.13 Å². The number of aromatic nitrogens is 3. The van der Waals surface area contributed by atoms with Crippen molar-refractivity contribution in [2.75, 3.05) is 5.73 Å². The number of nitrogens with zero attached hydrogens (tertiary/aromatic N) is 5. The van der Waals surface area contributed by atoms with Crippen LogP contribution in [0.4, 0.5) is 16.6 Å². The Balaban J connectivity index is 1.63. The smallest absolute Gasteiger partial charge is 0.294 e. The SMILES string of the molecule is Cc1cc(-n2nc(C)c(N=Nc3nc4cc(SOOO)ccc4s3)c2N)ccc1S(=O)(=O)O. The summed E-state index contributed by atoms with van der Waals surface area (Å²) >= 11 is 2.14. The van der Waals surface area contributed by atoms with Crippen molar-refractivity contribution in [3.63, 3.8) is 0 Å². The Bertz CT molecular complexity index is 1480. The van der Waals surface area contributed by atoms with Crippen molar-refractivity contribution in [3.05, 3.63) is 47.7 Å². The lowest BCUT2D eigenvalue weighted by Crippen LogP contribution is -2.05. The molecule has 0 unspecified atom stereocenters. The molecule has 172 valence electrons. The van der Waals surface area contributed by atoms with Gasteiger partial charge >= 0.3 is 0 Å². The van der Waals surface area contributed by atoms with Gasteiger partial charge in [-0.1, -0.05) is 16.4 Å². The Kier molecular flexibility index (Phi) is 6.44. The van der Waals surface area contributed by atoms with Crippen molar-refractivity contribution in [1.29, 1.82) is 0 Å². The fourth-order valence-corrected chi connectivity index (χ4v) is 4.91. The van der Waals surface area contributed by atoms with Crippen LogP contribution in [0.2, 0.25) is 0 Å². The van der Waals surface area contributed by atoms with E-state index >= 15 is 0 Å². The van der Waals surface area contributed by atoms with Gasteiger partial charge in [0.1, 0.15) is 0 Å². The minimum atomic E-state index is -4.33. The first-order valence-electron chi connectivity index (χ1n) is 9.08. The van der Waals surface area contributed by atoms with Crippen LogP contribution in [-0.2, 0) is 19.5 Å². The summed E-state index contributed by atoms with van der Waals surface area (Å²) < 4.78 is 38.8. The number of rotatable bonds is 7. The highest BCUT2D eigenvalue weighted by molar-refractivity contribution is 7.94. The predicted octanol–water partition coefficient (Wildman–Crippen LogP) is 4.77. The summed E-state index contributed by atoms with van der Waals surface area (Å²) in [7, 11) is -4.33. The molecule has 0 saturated carbocycles. The average Bonchev–Trinajstić information content (AvgIpc) is 3.29. The van der Waals surface area contributed by atoms with Crippen LogP contribution in [0.25, 0.3) is 15.9 Å². The molecule has 4 N–H and O–H groups in total. The Labute approximate surface area is 195 Å². The van der Waals surface area contributed by atoms with E-state index in [4.69, 9.17) is 11.0 Å². The molecule has 12 nitrogen and oxygen atoms in total. The third-order valence-electron chi connectivity index (χ3n) is 4.49. The molecule has 2 aromatic carbocycles. The van der Waals surface area contributed by atoms with E-state index < -0.39 is 10.1 Å². The summed E-state index contributed by atoms with van der Waals surface area (Å²) in [5.74, 6) is 0.205. The van der Waals surface area contributed by atoms with Crippen LogP contribution in [0.5, 0.6) is 0 Å². The van der Waals surface area contributed by atoms with Crippen molar-refractivity contribution in [1.82, 2.24) is 14.8 Å². The second kappa shape index (κ2) is 9.14. The first-order chi connectivity index (χ1) is 15.7. The summed E-state index contributed by atoms with van der Waals surface area (Å²) in [5, 5.41) is 25.0. The molecule has 0 spiro atoms. The molecule has 0 aliphatic rings. The summed E-state index contributed by atoms with van der Waals surface area (Å²) in [4.78, 5) is 4.88. The number of anilines is 1. The van der Waals surface area contributed by atoms with Crippen molar-refractivity contribution >= 4 is 60.4 Å². The van der Waals surface area contributed by atoms with Gasteiger partial charge in [-0.05, 0) is 55.8 Å². The molecule has 15 heteroatoms. The highest BCUT2D eigenvalue weighted by Gasteiger charge is 2.17. The fraction of sp³-hybridized carbons (Fsp3) is 0.111. The molecule has 33 heavy (non-hydrogen) atoms. The van der Waals surface area contributed by atoms with Crippen LogP contribution in [0.1, 0.15) is 11.3 Å². The molecule has 0 aliphatic heterocycles. The van der Waals surface area contributed by atoms with E-state index in [0.29, 0.717) is 38.2 Å². The van der Waals surface area contributed by atoms with Gasteiger partial charge in [-0.3, -0.25) is 4.55 Å². The molecule has 4 rings (SSSR count). The molecule has 4 aromatic rings. The van der Waals surface area contributed by atoms with Gasteiger partial charge < -0.3 is 5.73 Å². The van der Waals surface area contributed by atoms with Crippen LogP contribution < -0.4 is 5.73 Å². The fourth-order valence-electron chi connectivity index (χ4n) is 3.05. The van der Waals surface area contributed by atoms with Crippen LogP contribution in [-0.4, -0.2) is 33.0 Å². The van der Waals surface area contributed by atoms with E-state index in [2.05, 4.69) is 29.7 Å². The Morgan fingerprint density at radius 2 is 1.97 bits per heavy atom. The monoisotopic (exact) mass is 508 g/mol. The Hall–Kier alpha value is -2.92. The largest absolute Gasteiger partial charge is 0.382 e. The van der Waals surface area contributed by atoms with Gasteiger partial charge in [-0.25, -0.2) is 14.9 Å². The number of thiazole rings is 1. The van der Waals surface area contributed by atoms with E-state index in [9.17, 15) is 13.0 Å². The lowest BCUT2D eigenvalue weighted by atomic mass is 10.2. The number of fused-ring (bicyclic) bond motifs is 1. The minimum absolute atomic E-state index is 0.193. The van der Waals surface area contributed by atoms with E-state index in [1.54, 1.807) is 32.0 Å². The van der Waals surface area contributed by atoms with Gasteiger partial charge in [0.15, 0.2) is 11.5 Å². The van der Waals surface area contributed by atoms with Crippen molar-refractivity contribution in [2.24, 2.45) is 10.2 Å². The van der Waals surface area contributed by atoms with Gasteiger partial charge in [0, 0.05) is 4.90 Å². The zero-order valence-corrected chi connectivity index (χ0v) is 19.5. The molecular weight excluding hydrogens is 492 g/mol. The molecule has 0 atom stereocenters. The molecule has 0 aliphatic carbocycles. The molecule has 0 bridgehead atoms. The molecule has 2 heterocycles. The highest BCUT2D eigenvalue weighted by atomic mass is 32.2. The van der Waals surface area contributed by atoms with Crippen LogP contribution in [0, 0.1) is 13.8 Å². The van der Waals surface area contributed by atoms with E-state index in [-0.39, 0.29) is 10.7 Å². The Morgan fingerprint density at radius 1 is 1.18 bits per heavy atom. The average molecular weight is 509 g/mol. The van der Waals surface area contributed by atoms with Crippen LogP contribution in [0.15, 0.2) is 56.4 Å². The number of hydrogen-bond donors (Lipinski definition) is 3. The topological polar surface area (TPSA) is 175 Å². The summed E-state index contributed by atoms with van der Waals surface area (Å²) in [5.41, 5.74) is 8.58.